The summed E-state index contributed by atoms with van der Waals surface area (Å²) >= 11 is 0. The first-order chi connectivity index (χ1) is 4.69. The van der Waals surface area contributed by atoms with Crippen LogP contribution in [0, 0.1) is 0 Å². The molecule has 6 heteroatoms. The Balaban J connectivity index is 4.72. The molecular weight excluding hydrogens is 181 g/mol. The van der Waals surface area contributed by atoms with Crippen LogP contribution in [0.15, 0.2) is 0 Å². The van der Waals surface area contributed by atoms with Crippen LogP contribution in [0.2, 0.25) is 0 Å². The van der Waals surface area contributed by atoms with Crippen LogP contribution in [0.3, 0.4) is 0 Å². The van der Waals surface area contributed by atoms with Crippen molar-refractivity contribution in [3.05, 3.63) is 0 Å². The average molecular weight is 190 g/mol. The number of sulfone groups is 1. The number of hydrogen-bond donors (Lipinski definition) is 0. The fraction of sp³-hybridized carbons (Fsp3) is 1.00. The predicted octanol–water partition coefficient (Wildman–Crippen LogP) is 1.37. The van der Waals surface area contributed by atoms with Gasteiger partial charge in [0.05, 0.1) is 0 Å². The summed E-state index contributed by atoms with van der Waals surface area (Å²) in [5.41, 5.74) is 0. The Hall–Kier alpha value is -0.260. The molecule has 0 heterocycles. The highest BCUT2D eigenvalue weighted by Crippen LogP contribution is 2.27. The van der Waals surface area contributed by atoms with Crippen LogP contribution in [0.1, 0.15) is 13.3 Å². The molecule has 0 aromatic carbocycles. The minimum atomic E-state index is -4.64. The van der Waals surface area contributed by atoms with Crippen molar-refractivity contribution in [3.8, 4) is 0 Å². The summed E-state index contributed by atoms with van der Waals surface area (Å²) < 4.78 is 56.5. The SMILES string of the molecule is CCC(C(F)(F)F)S(C)(=O)=O. The lowest BCUT2D eigenvalue weighted by molar-refractivity contribution is -0.130. The molecule has 0 aliphatic heterocycles. The maximum Gasteiger partial charge on any atom is 0.405 e. The van der Waals surface area contributed by atoms with Crippen LogP contribution < -0.4 is 0 Å². The van der Waals surface area contributed by atoms with E-state index in [4.69, 9.17) is 0 Å². The highest BCUT2D eigenvalue weighted by Gasteiger charge is 2.44. The first kappa shape index (κ1) is 10.7. The molecule has 0 aromatic heterocycles. The summed E-state index contributed by atoms with van der Waals surface area (Å²) in [5.74, 6) is 0. The molecule has 0 N–H and O–H groups in total. The lowest BCUT2D eigenvalue weighted by Gasteiger charge is -2.15. The summed E-state index contributed by atoms with van der Waals surface area (Å²) in [6.45, 7) is 1.19. The average Bonchev–Trinajstić information content (AvgIpc) is 1.56. The molecule has 1 atom stereocenters. The highest BCUT2D eigenvalue weighted by atomic mass is 32.2. The Morgan fingerprint density at radius 1 is 1.36 bits per heavy atom. The molecule has 0 radical (unpaired) electrons. The Bertz CT molecular complexity index is 216. The predicted molar refractivity (Wildman–Crippen MR) is 35.0 cm³/mol. The van der Waals surface area contributed by atoms with Gasteiger partial charge < -0.3 is 0 Å². The number of hydrogen-bond acceptors (Lipinski definition) is 2. The molecule has 0 bridgehead atoms. The van der Waals surface area contributed by atoms with Gasteiger partial charge >= 0.3 is 6.18 Å². The standard InChI is InChI=1S/C5H9F3O2S/c1-3-4(5(6,7)8)11(2,9)10/h4H,3H2,1-2H3. The van der Waals surface area contributed by atoms with Crippen molar-refractivity contribution < 1.29 is 21.6 Å². The quantitative estimate of drug-likeness (QED) is 0.659. The second-order valence-corrected chi connectivity index (χ2v) is 4.50. The maximum atomic E-state index is 11.8. The molecule has 0 aliphatic carbocycles. The number of rotatable bonds is 2. The summed E-state index contributed by atoms with van der Waals surface area (Å²) in [6.07, 6.45) is -4.47. The van der Waals surface area contributed by atoms with E-state index in [0.717, 1.165) is 0 Å². The minimum absolute atomic E-state index is 0.428. The van der Waals surface area contributed by atoms with Crippen LogP contribution in [0.5, 0.6) is 0 Å². The summed E-state index contributed by atoms with van der Waals surface area (Å²) in [4.78, 5) is 0. The molecule has 11 heavy (non-hydrogen) atoms. The van der Waals surface area contributed by atoms with Gasteiger partial charge in [-0.15, -0.1) is 0 Å². The van der Waals surface area contributed by atoms with Gasteiger partial charge in [0.1, 0.15) is 0 Å². The Morgan fingerprint density at radius 3 is 1.73 bits per heavy atom. The summed E-state index contributed by atoms with van der Waals surface area (Å²) in [7, 11) is -4.00. The third-order valence-electron chi connectivity index (χ3n) is 1.25. The second kappa shape index (κ2) is 3.00. The van der Waals surface area contributed by atoms with E-state index in [0.29, 0.717) is 6.26 Å². The molecule has 0 saturated heterocycles. The number of alkyl halides is 3. The van der Waals surface area contributed by atoms with E-state index in [9.17, 15) is 21.6 Å². The molecule has 0 fully saturated rings. The van der Waals surface area contributed by atoms with Crippen LogP contribution in [0.4, 0.5) is 13.2 Å². The molecule has 1 unspecified atom stereocenters. The van der Waals surface area contributed by atoms with Gasteiger partial charge in [0.15, 0.2) is 15.1 Å². The molecular formula is C5H9F3O2S. The zero-order chi connectivity index (χ0) is 9.28. The number of halogens is 3. The largest absolute Gasteiger partial charge is 0.405 e. The van der Waals surface area contributed by atoms with E-state index in [1.807, 2.05) is 0 Å². The smallest absolute Gasteiger partial charge is 0.228 e. The Morgan fingerprint density at radius 2 is 1.73 bits per heavy atom. The first-order valence-electron chi connectivity index (χ1n) is 2.95. The van der Waals surface area contributed by atoms with Gasteiger partial charge in [0.25, 0.3) is 0 Å². The fourth-order valence-corrected chi connectivity index (χ4v) is 1.87. The molecule has 0 aromatic rings. The first-order valence-corrected chi connectivity index (χ1v) is 4.90. The van der Waals surface area contributed by atoms with Crippen LogP contribution in [-0.2, 0) is 9.84 Å². The topological polar surface area (TPSA) is 34.1 Å². The van der Waals surface area contributed by atoms with Gasteiger partial charge in [0.2, 0.25) is 0 Å². The molecule has 0 saturated carbocycles. The fourth-order valence-electron chi connectivity index (χ4n) is 0.777. The van der Waals surface area contributed by atoms with Crippen LogP contribution >= 0.6 is 0 Å². The second-order valence-electron chi connectivity index (χ2n) is 2.27. The Labute approximate surface area is 63.3 Å². The molecule has 0 amide bonds. The highest BCUT2D eigenvalue weighted by molar-refractivity contribution is 7.91. The van der Waals surface area contributed by atoms with E-state index in [2.05, 4.69) is 0 Å². The van der Waals surface area contributed by atoms with Crippen LogP contribution in [-0.4, -0.2) is 26.1 Å². The van der Waals surface area contributed by atoms with Crippen LogP contribution in [0.25, 0.3) is 0 Å². The van der Waals surface area contributed by atoms with Gasteiger partial charge in [-0.05, 0) is 6.42 Å². The molecule has 0 aliphatic rings. The molecule has 2 nitrogen and oxygen atoms in total. The van der Waals surface area contributed by atoms with Gasteiger partial charge in [0, 0.05) is 6.26 Å². The zero-order valence-corrected chi connectivity index (χ0v) is 6.96. The van der Waals surface area contributed by atoms with Gasteiger partial charge in [-0.2, -0.15) is 13.2 Å². The van der Waals surface area contributed by atoms with Crippen molar-refractivity contribution >= 4 is 9.84 Å². The molecule has 0 rings (SSSR count). The van der Waals surface area contributed by atoms with Crippen molar-refractivity contribution in [1.29, 1.82) is 0 Å². The van der Waals surface area contributed by atoms with Crippen molar-refractivity contribution in [1.82, 2.24) is 0 Å². The lowest BCUT2D eigenvalue weighted by Crippen LogP contribution is -2.35. The minimum Gasteiger partial charge on any atom is -0.228 e. The maximum absolute atomic E-state index is 11.8. The van der Waals surface area contributed by atoms with Gasteiger partial charge in [-0.25, -0.2) is 8.42 Å². The van der Waals surface area contributed by atoms with Crippen molar-refractivity contribution in [2.45, 2.75) is 24.8 Å². The molecule has 68 valence electrons. The van der Waals surface area contributed by atoms with Gasteiger partial charge in [-0.3, -0.25) is 0 Å². The summed E-state index contributed by atoms with van der Waals surface area (Å²) in [5, 5.41) is -2.21. The molecule has 0 spiro atoms. The normalized spacial score (nSPS) is 16.5. The summed E-state index contributed by atoms with van der Waals surface area (Å²) in [6, 6.07) is 0. The van der Waals surface area contributed by atoms with E-state index in [1.54, 1.807) is 0 Å². The van der Waals surface area contributed by atoms with Crippen molar-refractivity contribution in [3.63, 3.8) is 0 Å². The van der Waals surface area contributed by atoms with Crippen molar-refractivity contribution in [2.75, 3.05) is 6.26 Å². The van der Waals surface area contributed by atoms with Crippen molar-refractivity contribution in [2.24, 2.45) is 0 Å². The monoisotopic (exact) mass is 190 g/mol. The Kier molecular flexibility index (Phi) is 2.93. The van der Waals surface area contributed by atoms with E-state index in [1.165, 1.54) is 6.92 Å². The van der Waals surface area contributed by atoms with E-state index < -0.39 is 27.7 Å². The third-order valence-corrected chi connectivity index (χ3v) is 2.89. The van der Waals surface area contributed by atoms with E-state index >= 15 is 0 Å². The van der Waals surface area contributed by atoms with Gasteiger partial charge in [-0.1, -0.05) is 6.92 Å². The lowest BCUT2D eigenvalue weighted by atomic mass is 10.3. The van der Waals surface area contributed by atoms with E-state index in [-0.39, 0.29) is 0 Å². The zero-order valence-electron chi connectivity index (χ0n) is 6.14. The third kappa shape index (κ3) is 3.09.